The van der Waals surface area contributed by atoms with E-state index in [1.165, 1.54) is 0 Å². The predicted octanol–water partition coefficient (Wildman–Crippen LogP) is 6.10. The Morgan fingerprint density at radius 2 is 1.81 bits per heavy atom. The largest absolute Gasteiger partial charge is 0.443 e. The zero-order chi connectivity index (χ0) is 26.0. The van der Waals surface area contributed by atoms with Gasteiger partial charge in [-0.1, -0.05) is 18.2 Å². The van der Waals surface area contributed by atoms with Gasteiger partial charge >= 0.3 is 6.09 Å². The monoisotopic (exact) mass is 503 g/mol. The molecule has 0 bridgehead atoms. The molecule has 4 aromatic rings. The molecule has 7 nitrogen and oxygen atoms in total. The Morgan fingerprint density at radius 1 is 1.06 bits per heavy atom. The molecule has 4 rings (SSSR count). The van der Waals surface area contributed by atoms with Crippen LogP contribution in [0.3, 0.4) is 0 Å². The van der Waals surface area contributed by atoms with E-state index >= 15 is 0 Å². The lowest BCUT2D eigenvalue weighted by Gasteiger charge is -2.27. The summed E-state index contributed by atoms with van der Waals surface area (Å²) in [6, 6.07) is 16.3. The molecule has 8 heteroatoms. The first-order valence-electron chi connectivity index (χ1n) is 11.9. The van der Waals surface area contributed by atoms with E-state index in [9.17, 15) is 4.79 Å². The number of hydrogen-bond donors (Lipinski definition) is 1. The Kier molecular flexibility index (Phi) is 7.28. The highest BCUT2D eigenvalue weighted by Gasteiger charge is 2.23. The highest BCUT2D eigenvalue weighted by Crippen LogP contribution is 2.36. The summed E-state index contributed by atoms with van der Waals surface area (Å²) in [5.41, 5.74) is 11.3. The van der Waals surface area contributed by atoms with Crippen molar-refractivity contribution in [1.82, 2.24) is 9.97 Å². The minimum absolute atomic E-state index is 0.337. The van der Waals surface area contributed by atoms with E-state index in [1.807, 2.05) is 70.2 Å². The van der Waals surface area contributed by atoms with Crippen molar-refractivity contribution in [1.29, 1.82) is 0 Å². The van der Waals surface area contributed by atoms with Gasteiger partial charge in [-0.05, 0) is 69.2 Å². The Hall–Kier alpha value is -3.49. The number of rotatable bonds is 6. The van der Waals surface area contributed by atoms with E-state index in [4.69, 9.17) is 15.5 Å². The van der Waals surface area contributed by atoms with Crippen LogP contribution in [-0.4, -0.2) is 48.8 Å². The lowest BCUT2D eigenvalue weighted by atomic mass is 10.0. The third-order valence-electron chi connectivity index (χ3n) is 5.65. The number of amides is 1. The first kappa shape index (κ1) is 25.6. The summed E-state index contributed by atoms with van der Waals surface area (Å²) in [6.07, 6.45) is 1.50. The molecule has 0 atom stereocenters. The number of hydrogen-bond acceptors (Lipinski definition) is 7. The van der Waals surface area contributed by atoms with Crippen molar-refractivity contribution in [2.75, 3.05) is 37.0 Å². The normalized spacial score (nSPS) is 11.5. The predicted molar refractivity (Wildman–Crippen MR) is 150 cm³/mol. The highest BCUT2D eigenvalue weighted by atomic mass is 32.1. The number of nitrogens with zero attached hydrogens (tertiary/aromatic N) is 4. The van der Waals surface area contributed by atoms with E-state index in [-0.39, 0.29) is 0 Å². The summed E-state index contributed by atoms with van der Waals surface area (Å²) >= 11 is 1.61. The van der Waals surface area contributed by atoms with Gasteiger partial charge in [0.1, 0.15) is 16.4 Å². The molecule has 0 saturated heterocycles. The third kappa shape index (κ3) is 5.66. The maximum Gasteiger partial charge on any atom is 0.414 e. The number of thiazole rings is 1. The zero-order valence-corrected chi connectivity index (χ0v) is 22.5. The standard InChI is InChI=1S/C28H33N5O2S/c1-18-15-19(20-8-12-25(30-17-20)32(5)6)7-10-22(18)26-31-23-11-9-21(16-24(23)36-26)33(14-13-29)27(34)35-28(2,3)4/h7-12,15-17H,13-14,29H2,1-6H3. The van der Waals surface area contributed by atoms with E-state index in [1.54, 1.807) is 16.2 Å². The number of carbonyl (C=O) groups is 1. The van der Waals surface area contributed by atoms with Gasteiger partial charge in [-0.2, -0.15) is 0 Å². The molecular formula is C28H33N5O2S. The molecule has 0 aliphatic rings. The number of aryl methyl sites for hydroxylation is 1. The van der Waals surface area contributed by atoms with Crippen LogP contribution in [0, 0.1) is 6.92 Å². The van der Waals surface area contributed by atoms with Gasteiger partial charge in [0, 0.05) is 50.2 Å². The molecule has 0 fully saturated rings. The number of fused-ring (bicyclic) bond motifs is 1. The lowest BCUT2D eigenvalue weighted by molar-refractivity contribution is 0.0581. The van der Waals surface area contributed by atoms with Gasteiger partial charge in [-0.3, -0.25) is 4.90 Å². The van der Waals surface area contributed by atoms with E-state index < -0.39 is 11.7 Å². The first-order chi connectivity index (χ1) is 17.1. The maximum absolute atomic E-state index is 12.8. The molecule has 2 aromatic carbocycles. The zero-order valence-electron chi connectivity index (χ0n) is 21.7. The minimum Gasteiger partial charge on any atom is -0.443 e. The molecule has 2 aromatic heterocycles. The molecule has 188 valence electrons. The van der Waals surface area contributed by atoms with Crippen molar-refractivity contribution in [3.8, 4) is 21.7 Å². The molecule has 0 unspecified atom stereocenters. The van der Waals surface area contributed by atoms with Gasteiger partial charge in [-0.15, -0.1) is 11.3 Å². The average molecular weight is 504 g/mol. The topological polar surface area (TPSA) is 84.6 Å². The Labute approximate surface area is 216 Å². The SMILES string of the molecule is Cc1cc(-c2ccc(N(C)C)nc2)ccc1-c1nc2ccc(N(CCN)C(=O)OC(C)(C)C)cc2s1. The Balaban J connectivity index is 1.63. The fourth-order valence-corrected chi connectivity index (χ4v) is 4.96. The molecule has 0 spiro atoms. The van der Waals surface area contributed by atoms with Gasteiger partial charge in [-0.25, -0.2) is 14.8 Å². The van der Waals surface area contributed by atoms with Crippen molar-refractivity contribution in [3.63, 3.8) is 0 Å². The molecule has 2 heterocycles. The smallest absolute Gasteiger partial charge is 0.414 e. The van der Waals surface area contributed by atoms with Crippen LogP contribution in [0.5, 0.6) is 0 Å². The minimum atomic E-state index is -0.583. The number of benzene rings is 2. The average Bonchev–Trinajstić information content (AvgIpc) is 3.24. The molecule has 0 aliphatic carbocycles. The number of pyridine rings is 1. The second kappa shape index (κ2) is 10.2. The number of ether oxygens (including phenoxy) is 1. The van der Waals surface area contributed by atoms with Crippen LogP contribution in [0.2, 0.25) is 0 Å². The van der Waals surface area contributed by atoms with E-state index in [0.717, 1.165) is 49.0 Å². The van der Waals surface area contributed by atoms with Crippen LogP contribution in [0.4, 0.5) is 16.3 Å². The summed E-state index contributed by atoms with van der Waals surface area (Å²) in [5.74, 6) is 0.928. The molecule has 2 N–H and O–H groups in total. The van der Waals surface area contributed by atoms with Crippen LogP contribution in [0.15, 0.2) is 54.7 Å². The maximum atomic E-state index is 12.8. The second-order valence-electron chi connectivity index (χ2n) is 9.92. The summed E-state index contributed by atoms with van der Waals surface area (Å²) in [4.78, 5) is 25.8. The fraction of sp³-hybridized carbons (Fsp3) is 0.321. The summed E-state index contributed by atoms with van der Waals surface area (Å²) in [5, 5.41) is 0.940. The van der Waals surface area contributed by atoms with Gasteiger partial charge in [0.25, 0.3) is 0 Å². The van der Waals surface area contributed by atoms with Crippen LogP contribution in [0.1, 0.15) is 26.3 Å². The Bertz CT molecular complexity index is 1370. The van der Waals surface area contributed by atoms with E-state index in [2.05, 4.69) is 36.2 Å². The molecule has 0 saturated carbocycles. The number of carbonyl (C=O) groups excluding carboxylic acids is 1. The van der Waals surface area contributed by atoms with Gasteiger partial charge < -0.3 is 15.4 Å². The molecule has 1 amide bonds. The molecule has 36 heavy (non-hydrogen) atoms. The van der Waals surface area contributed by atoms with Crippen molar-refractivity contribution >= 4 is 39.2 Å². The first-order valence-corrected chi connectivity index (χ1v) is 12.7. The van der Waals surface area contributed by atoms with Crippen LogP contribution < -0.4 is 15.5 Å². The molecule has 0 aliphatic heterocycles. The van der Waals surface area contributed by atoms with E-state index in [0.29, 0.717) is 13.1 Å². The Morgan fingerprint density at radius 3 is 2.42 bits per heavy atom. The molecule has 0 radical (unpaired) electrons. The summed E-state index contributed by atoms with van der Waals surface area (Å²) < 4.78 is 6.59. The van der Waals surface area contributed by atoms with Crippen molar-refractivity contribution in [2.24, 2.45) is 5.73 Å². The van der Waals surface area contributed by atoms with Crippen molar-refractivity contribution in [2.45, 2.75) is 33.3 Å². The third-order valence-corrected chi connectivity index (χ3v) is 6.70. The van der Waals surface area contributed by atoms with Crippen molar-refractivity contribution < 1.29 is 9.53 Å². The molecular weight excluding hydrogens is 470 g/mol. The van der Waals surface area contributed by atoms with Crippen LogP contribution in [0.25, 0.3) is 31.9 Å². The number of aromatic nitrogens is 2. The van der Waals surface area contributed by atoms with Gasteiger partial charge in [0.2, 0.25) is 0 Å². The van der Waals surface area contributed by atoms with Gasteiger partial charge in [0.05, 0.1) is 10.2 Å². The highest BCUT2D eigenvalue weighted by molar-refractivity contribution is 7.21. The summed E-state index contributed by atoms with van der Waals surface area (Å²) in [7, 11) is 3.96. The van der Waals surface area contributed by atoms with Crippen LogP contribution in [-0.2, 0) is 4.74 Å². The second-order valence-corrected chi connectivity index (χ2v) is 11.0. The number of anilines is 2. The number of nitrogens with two attached hydrogens (primary N) is 1. The summed E-state index contributed by atoms with van der Waals surface area (Å²) in [6.45, 7) is 8.37. The van der Waals surface area contributed by atoms with Crippen molar-refractivity contribution in [3.05, 3.63) is 60.3 Å². The fourth-order valence-electron chi connectivity index (χ4n) is 3.87. The van der Waals surface area contributed by atoms with Gasteiger partial charge in [0.15, 0.2) is 0 Å². The quantitative estimate of drug-likeness (QED) is 0.342. The lowest BCUT2D eigenvalue weighted by Crippen LogP contribution is -2.39. The van der Waals surface area contributed by atoms with Crippen LogP contribution >= 0.6 is 11.3 Å².